The smallest absolute Gasteiger partial charge is 0.304 e. The molecule has 0 aliphatic rings. The minimum absolute atomic E-state index is 0.0873. The molecule has 2 aromatic rings. The Morgan fingerprint density at radius 3 is 2.59 bits per heavy atom. The predicted molar refractivity (Wildman–Crippen MR) is 80.7 cm³/mol. The fraction of sp³-hybridized carbons (Fsp3) is 0.312. The zero-order valence-corrected chi connectivity index (χ0v) is 12.6. The van der Waals surface area contributed by atoms with Crippen LogP contribution in [0.3, 0.4) is 0 Å². The first kappa shape index (κ1) is 15.8. The van der Waals surface area contributed by atoms with E-state index in [1.807, 2.05) is 30.3 Å². The highest BCUT2D eigenvalue weighted by Gasteiger charge is 2.13. The molecule has 6 nitrogen and oxygen atoms in total. The van der Waals surface area contributed by atoms with E-state index in [0.29, 0.717) is 11.4 Å². The highest BCUT2D eigenvalue weighted by Crippen LogP contribution is 2.05. The SMILES string of the molecule is Cc1nc(CCC(=O)O)c(=O)n(OCc2ccccc2)c1C. The normalized spacial score (nSPS) is 10.5. The molecule has 116 valence electrons. The average molecular weight is 302 g/mol. The van der Waals surface area contributed by atoms with Gasteiger partial charge in [-0.1, -0.05) is 30.3 Å². The number of carboxylic acid groups (broad SMARTS) is 1. The largest absolute Gasteiger partial charge is 0.481 e. The van der Waals surface area contributed by atoms with Crippen LogP contribution in [0.1, 0.15) is 29.1 Å². The van der Waals surface area contributed by atoms with Crippen LogP contribution in [0.25, 0.3) is 0 Å². The Bertz CT molecular complexity index is 723. The molecule has 0 bridgehead atoms. The number of hydrogen-bond donors (Lipinski definition) is 1. The third-order valence-corrected chi connectivity index (χ3v) is 3.34. The Kier molecular flexibility index (Phi) is 4.93. The van der Waals surface area contributed by atoms with Crippen molar-refractivity contribution in [3.63, 3.8) is 0 Å². The monoisotopic (exact) mass is 302 g/mol. The van der Waals surface area contributed by atoms with Gasteiger partial charge in [0.2, 0.25) is 0 Å². The van der Waals surface area contributed by atoms with Crippen LogP contribution >= 0.6 is 0 Å². The van der Waals surface area contributed by atoms with Crippen molar-refractivity contribution in [2.75, 3.05) is 0 Å². The summed E-state index contributed by atoms with van der Waals surface area (Å²) in [6.07, 6.45) is -0.0482. The van der Waals surface area contributed by atoms with Gasteiger partial charge in [0.1, 0.15) is 12.3 Å². The van der Waals surface area contributed by atoms with Crippen LogP contribution in [-0.4, -0.2) is 20.8 Å². The summed E-state index contributed by atoms with van der Waals surface area (Å²) < 4.78 is 1.20. The van der Waals surface area contributed by atoms with E-state index in [0.717, 1.165) is 5.56 Å². The maximum absolute atomic E-state index is 12.4. The number of aliphatic carboxylic acids is 1. The zero-order chi connectivity index (χ0) is 16.1. The second kappa shape index (κ2) is 6.89. The Morgan fingerprint density at radius 1 is 1.27 bits per heavy atom. The summed E-state index contributed by atoms with van der Waals surface area (Å²) in [5.74, 6) is -0.962. The molecular formula is C16H18N2O4. The molecule has 0 atom stereocenters. The van der Waals surface area contributed by atoms with Gasteiger partial charge < -0.3 is 9.94 Å². The number of aromatic nitrogens is 2. The van der Waals surface area contributed by atoms with Crippen molar-refractivity contribution in [2.45, 2.75) is 33.3 Å². The molecular weight excluding hydrogens is 284 g/mol. The van der Waals surface area contributed by atoms with Gasteiger partial charge in [0.15, 0.2) is 0 Å². The molecule has 0 unspecified atom stereocenters. The van der Waals surface area contributed by atoms with Crippen LogP contribution in [-0.2, 0) is 17.8 Å². The van der Waals surface area contributed by atoms with E-state index in [2.05, 4.69) is 4.98 Å². The first-order valence-electron chi connectivity index (χ1n) is 6.97. The van der Waals surface area contributed by atoms with Crippen molar-refractivity contribution in [1.82, 2.24) is 9.71 Å². The summed E-state index contributed by atoms with van der Waals surface area (Å²) in [6, 6.07) is 9.50. The molecule has 0 amide bonds. The summed E-state index contributed by atoms with van der Waals surface area (Å²) in [6.45, 7) is 3.76. The molecule has 0 fully saturated rings. The second-order valence-corrected chi connectivity index (χ2v) is 4.98. The molecule has 2 rings (SSSR count). The minimum Gasteiger partial charge on any atom is -0.481 e. The summed E-state index contributed by atoms with van der Waals surface area (Å²) in [5, 5.41) is 8.74. The van der Waals surface area contributed by atoms with Crippen molar-refractivity contribution in [3.8, 4) is 0 Å². The van der Waals surface area contributed by atoms with Crippen molar-refractivity contribution >= 4 is 5.97 Å². The number of benzene rings is 1. The molecule has 0 radical (unpaired) electrons. The Hall–Kier alpha value is -2.63. The molecule has 1 heterocycles. The third-order valence-electron chi connectivity index (χ3n) is 3.34. The fourth-order valence-electron chi connectivity index (χ4n) is 2.00. The third kappa shape index (κ3) is 3.72. The van der Waals surface area contributed by atoms with Crippen molar-refractivity contribution in [3.05, 3.63) is 63.3 Å². The van der Waals surface area contributed by atoms with Crippen molar-refractivity contribution in [2.24, 2.45) is 0 Å². The second-order valence-electron chi connectivity index (χ2n) is 4.98. The summed E-state index contributed by atoms with van der Waals surface area (Å²) in [5.41, 5.74) is 2.00. The first-order chi connectivity index (χ1) is 10.5. The predicted octanol–water partition coefficient (Wildman–Crippen LogP) is 1.51. The number of carboxylic acids is 1. The van der Waals surface area contributed by atoms with Gasteiger partial charge in [0.25, 0.3) is 0 Å². The molecule has 0 saturated carbocycles. The first-order valence-corrected chi connectivity index (χ1v) is 6.97. The van der Waals surface area contributed by atoms with Gasteiger partial charge in [-0.15, -0.1) is 4.73 Å². The van der Waals surface area contributed by atoms with Crippen LogP contribution in [0.15, 0.2) is 35.1 Å². The van der Waals surface area contributed by atoms with Gasteiger partial charge in [0, 0.05) is 6.42 Å². The molecule has 1 aromatic heterocycles. The van der Waals surface area contributed by atoms with Gasteiger partial charge >= 0.3 is 11.5 Å². The topological polar surface area (TPSA) is 81.4 Å². The number of carbonyl (C=O) groups is 1. The van der Waals surface area contributed by atoms with E-state index in [-0.39, 0.29) is 25.1 Å². The molecule has 0 saturated heterocycles. The van der Waals surface area contributed by atoms with E-state index < -0.39 is 11.5 Å². The van der Waals surface area contributed by atoms with Crippen LogP contribution in [0, 0.1) is 13.8 Å². The summed E-state index contributed by atoms with van der Waals surface area (Å²) in [7, 11) is 0. The van der Waals surface area contributed by atoms with E-state index in [4.69, 9.17) is 9.94 Å². The highest BCUT2D eigenvalue weighted by molar-refractivity contribution is 5.66. The van der Waals surface area contributed by atoms with Gasteiger partial charge in [-0.25, -0.2) is 0 Å². The van der Waals surface area contributed by atoms with Gasteiger partial charge in [-0.3, -0.25) is 14.6 Å². The number of hydrogen-bond acceptors (Lipinski definition) is 4. The average Bonchev–Trinajstić information content (AvgIpc) is 2.50. The Labute approximate surface area is 128 Å². The Morgan fingerprint density at radius 2 is 1.95 bits per heavy atom. The van der Waals surface area contributed by atoms with Crippen LogP contribution in [0.4, 0.5) is 0 Å². The highest BCUT2D eigenvalue weighted by atomic mass is 16.7. The lowest BCUT2D eigenvalue weighted by molar-refractivity contribution is -0.137. The van der Waals surface area contributed by atoms with Crippen LogP contribution < -0.4 is 10.4 Å². The van der Waals surface area contributed by atoms with Gasteiger partial charge in [0.05, 0.1) is 17.8 Å². The molecule has 22 heavy (non-hydrogen) atoms. The molecule has 1 N–H and O–H groups in total. The fourth-order valence-corrected chi connectivity index (χ4v) is 2.00. The molecule has 0 spiro atoms. The maximum Gasteiger partial charge on any atom is 0.304 e. The van der Waals surface area contributed by atoms with E-state index in [1.165, 1.54) is 4.73 Å². The standard InChI is InChI=1S/C16H18N2O4/c1-11-12(2)18(22-10-13-6-4-3-5-7-13)16(21)14(17-11)8-9-15(19)20/h3-7H,8-10H2,1-2H3,(H,19,20). The lowest BCUT2D eigenvalue weighted by Crippen LogP contribution is -2.33. The summed E-state index contributed by atoms with van der Waals surface area (Å²) >= 11 is 0. The number of nitrogens with zero attached hydrogens (tertiary/aromatic N) is 2. The zero-order valence-electron chi connectivity index (χ0n) is 12.6. The molecule has 0 aliphatic carbocycles. The van der Waals surface area contributed by atoms with Crippen LogP contribution in [0.5, 0.6) is 0 Å². The summed E-state index contributed by atoms with van der Waals surface area (Å²) in [4.78, 5) is 32.8. The lowest BCUT2D eigenvalue weighted by atomic mass is 10.2. The molecule has 1 aromatic carbocycles. The quantitative estimate of drug-likeness (QED) is 0.874. The minimum atomic E-state index is -0.962. The van der Waals surface area contributed by atoms with E-state index in [1.54, 1.807) is 13.8 Å². The van der Waals surface area contributed by atoms with Gasteiger partial charge in [-0.05, 0) is 19.4 Å². The number of rotatable bonds is 6. The molecule has 0 aliphatic heterocycles. The Balaban J connectivity index is 2.25. The van der Waals surface area contributed by atoms with Crippen molar-refractivity contribution < 1.29 is 14.7 Å². The number of aryl methyl sites for hydroxylation is 2. The maximum atomic E-state index is 12.4. The van der Waals surface area contributed by atoms with E-state index >= 15 is 0 Å². The van der Waals surface area contributed by atoms with Gasteiger partial charge in [-0.2, -0.15) is 0 Å². The molecule has 6 heteroatoms. The van der Waals surface area contributed by atoms with Crippen LogP contribution in [0.2, 0.25) is 0 Å². The lowest BCUT2D eigenvalue weighted by Gasteiger charge is -2.14. The van der Waals surface area contributed by atoms with Crippen molar-refractivity contribution in [1.29, 1.82) is 0 Å². The van der Waals surface area contributed by atoms with E-state index in [9.17, 15) is 9.59 Å².